The highest BCUT2D eigenvalue weighted by molar-refractivity contribution is 9.10. The quantitative estimate of drug-likeness (QED) is 0.786. The minimum atomic E-state index is -0.597. The second kappa shape index (κ2) is 5.90. The van der Waals surface area contributed by atoms with E-state index in [0.717, 1.165) is 6.07 Å². The fourth-order valence-corrected chi connectivity index (χ4v) is 2.15. The molecule has 0 unspecified atom stereocenters. The molecule has 0 radical (unpaired) electrons. The SMILES string of the molecule is O=C(Nc1ccc(Cl)c(F)c1)c1cccc(Br)c1Cl. The number of halogens is 4. The predicted molar refractivity (Wildman–Crippen MR) is 78.5 cm³/mol. The molecule has 0 bridgehead atoms. The summed E-state index contributed by atoms with van der Waals surface area (Å²) in [5, 5.41) is 2.85. The van der Waals surface area contributed by atoms with Gasteiger partial charge in [0, 0.05) is 10.2 Å². The van der Waals surface area contributed by atoms with E-state index in [4.69, 9.17) is 23.2 Å². The summed E-state index contributed by atoms with van der Waals surface area (Å²) in [6, 6.07) is 9.01. The molecule has 98 valence electrons. The van der Waals surface area contributed by atoms with Gasteiger partial charge in [0.05, 0.1) is 15.6 Å². The van der Waals surface area contributed by atoms with Crippen molar-refractivity contribution in [2.24, 2.45) is 0 Å². The van der Waals surface area contributed by atoms with Crippen LogP contribution in [0.15, 0.2) is 40.9 Å². The first-order valence-electron chi connectivity index (χ1n) is 5.19. The molecule has 0 fully saturated rings. The molecule has 0 aliphatic heterocycles. The summed E-state index contributed by atoms with van der Waals surface area (Å²) < 4.78 is 13.9. The van der Waals surface area contributed by atoms with Crippen LogP contribution >= 0.6 is 39.1 Å². The summed E-state index contributed by atoms with van der Waals surface area (Å²) >= 11 is 14.8. The van der Waals surface area contributed by atoms with Crippen molar-refractivity contribution < 1.29 is 9.18 Å². The molecule has 0 atom stereocenters. The van der Waals surface area contributed by atoms with Crippen LogP contribution in [0.2, 0.25) is 10.0 Å². The van der Waals surface area contributed by atoms with Crippen molar-refractivity contribution in [3.63, 3.8) is 0 Å². The summed E-state index contributed by atoms with van der Waals surface area (Å²) in [5.74, 6) is -1.02. The molecule has 0 heterocycles. The van der Waals surface area contributed by atoms with E-state index in [9.17, 15) is 9.18 Å². The molecule has 0 saturated carbocycles. The van der Waals surface area contributed by atoms with E-state index in [0.29, 0.717) is 20.7 Å². The fraction of sp³-hybridized carbons (Fsp3) is 0. The van der Waals surface area contributed by atoms with E-state index in [1.165, 1.54) is 12.1 Å². The van der Waals surface area contributed by atoms with Gasteiger partial charge in [-0.15, -0.1) is 0 Å². The first-order valence-corrected chi connectivity index (χ1v) is 6.74. The van der Waals surface area contributed by atoms with Gasteiger partial charge in [-0.2, -0.15) is 0 Å². The first-order chi connectivity index (χ1) is 8.99. The Hall–Kier alpha value is -1.10. The van der Waals surface area contributed by atoms with Gasteiger partial charge in [-0.05, 0) is 46.3 Å². The lowest BCUT2D eigenvalue weighted by atomic mass is 10.2. The number of hydrogen-bond donors (Lipinski definition) is 1. The Morgan fingerprint density at radius 3 is 2.63 bits per heavy atom. The van der Waals surface area contributed by atoms with Crippen molar-refractivity contribution in [1.29, 1.82) is 0 Å². The van der Waals surface area contributed by atoms with E-state index in [1.807, 2.05) is 0 Å². The van der Waals surface area contributed by atoms with E-state index in [1.54, 1.807) is 18.2 Å². The van der Waals surface area contributed by atoms with Crippen LogP contribution in [0.1, 0.15) is 10.4 Å². The monoisotopic (exact) mass is 361 g/mol. The molecule has 0 spiro atoms. The van der Waals surface area contributed by atoms with Crippen molar-refractivity contribution in [2.75, 3.05) is 5.32 Å². The van der Waals surface area contributed by atoms with Crippen molar-refractivity contribution in [3.05, 3.63) is 62.3 Å². The Morgan fingerprint density at radius 1 is 1.21 bits per heavy atom. The molecule has 1 N–H and O–H groups in total. The van der Waals surface area contributed by atoms with Crippen LogP contribution in [0.5, 0.6) is 0 Å². The zero-order chi connectivity index (χ0) is 14.0. The number of benzene rings is 2. The molecule has 2 aromatic rings. The third kappa shape index (κ3) is 3.26. The molecule has 19 heavy (non-hydrogen) atoms. The number of carbonyl (C=O) groups excluding carboxylic acids is 1. The second-order valence-electron chi connectivity index (χ2n) is 3.68. The Labute approximate surface area is 127 Å². The van der Waals surface area contributed by atoms with Crippen molar-refractivity contribution >= 4 is 50.7 Å². The van der Waals surface area contributed by atoms with Crippen LogP contribution in [0.4, 0.5) is 10.1 Å². The summed E-state index contributed by atoms with van der Waals surface area (Å²) in [6.07, 6.45) is 0. The molecule has 6 heteroatoms. The van der Waals surface area contributed by atoms with E-state index in [2.05, 4.69) is 21.2 Å². The second-order valence-corrected chi connectivity index (χ2v) is 5.32. The Kier molecular flexibility index (Phi) is 4.45. The predicted octanol–water partition coefficient (Wildman–Crippen LogP) is 5.15. The zero-order valence-electron chi connectivity index (χ0n) is 9.38. The number of amides is 1. The molecular weight excluding hydrogens is 356 g/mol. The molecule has 0 aliphatic rings. The van der Waals surface area contributed by atoms with Crippen LogP contribution in [-0.2, 0) is 0 Å². The standard InChI is InChI=1S/C13H7BrCl2FNO/c14-9-3-1-2-8(12(9)16)13(19)18-7-4-5-10(15)11(17)6-7/h1-6H,(H,18,19). The Morgan fingerprint density at radius 2 is 1.95 bits per heavy atom. The third-order valence-electron chi connectivity index (χ3n) is 2.37. The maximum atomic E-state index is 13.3. The minimum Gasteiger partial charge on any atom is -0.322 e. The number of anilines is 1. The third-order valence-corrected chi connectivity index (χ3v) is 3.98. The van der Waals surface area contributed by atoms with Crippen LogP contribution in [0.3, 0.4) is 0 Å². The highest BCUT2D eigenvalue weighted by Gasteiger charge is 2.13. The molecule has 2 nitrogen and oxygen atoms in total. The largest absolute Gasteiger partial charge is 0.322 e. The van der Waals surface area contributed by atoms with Crippen molar-refractivity contribution in [2.45, 2.75) is 0 Å². The van der Waals surface area contributed by atoms with Crippen molar-refractivity contribution in [3.8, 4) is 0 Å². The van der Waals surface area contributed by atoms with E-state index in [-0.39, 0.29) is 5.02 Å². The number of rotatable bonds is 2. The van der Waals surface area contributed by atoms with Gasteiger partial charge in [0.25, 0.3) is 5.91 Å². The van der Waals surface area contributed by atoms with Gasteiger partial charge in [-0.1, -0.05) is 29.3 Å². The maximum absolute atomic E-state index is 13.3. The fourth-order valence-electron chi connectivity index (χ4n) is 1.45. The van der Waals surface area contributed by atoms with Gasteiger partial charge in [0.2, 0.25) is 0 Å². The van der Waals surface area contributed by atoms with Gasteiger partial charge < -0.3 is 5.32 Å². The zero-order valence-corrected chi connectivity index (χ0v) is 12.5. The van der Waals surface area contributed by atoms with Crippen molar-refractivity contribution in [1.82, 2.24) is 0 Å². The van der Waals surface area contributed by atoms with Gasteiger partial charge in [-0.3, -0.25) is 4.79 Å². The van der Waals surface area contributed by atoms with Gasteiger partial charge in [0.15, 0.2) is 0 Å². The summed E-state index contributed by atoms with van der Waals surface area (Å²) in [6.45, 7) is 0. The summed E-state index contributed by atoms with van der Waals surface area (Å²) in [7, 11) is 0. The lowest BCUT2D eigenvalue weighted by Gasteiger charge is -2.08. The van der Waals surface area contributed by atoms with E-state index < -0.39 is 11.7 Å². The molecule has 2 rings (SSSR count). The highest BCUT2D eigenvalue weighted by Crippen LogP contribution is 2.27. The Bertz CT molecular complexity index is 649. The van der Waals surface area contributed by atoms with Crippen LogP contribution < -0.4 is 5.32 Å². The molecular formula is C13H7BrCl2FNO. The Balaban J connectivity index is 2.26. The average molecular weight is 363 g/mol. The highest BCUT2D eigenvalue weighted by atomic mass is 79.9. The number of hydrogen-bond acceptors (Lipinski definition) is 1. The normalized spacial score (nSPS) is 10.3. The smallest absolute Gasteiger partial charge is 0.257 e. The molecule has 0 aliphatic carbocycles. The first kappa shape index (κ1) is 14.3. The van der Waals surface area contributed by atoms with Gasteiger partial charge >= 0.3 is 0 Å². The summed E-state index contributed by atoms with van der Waals surface area (Å²) in [5.41, 5.74) is 0.606. The van der Waals surface area contributed by atoms with Crippen LogP contribution in [-0.4, -0.2) is 5.91 Å². The van der Waals surface area contributed by atoms with Crippen LogP contribution in [0.25, 0.3) is 0 Å². The average Bonchev–Trinajstić information content (AvgIpc) is 2.37. The van der Waals surface area contributed by atoms with Gasteiger partial charge in [-0.25, -0.2) is 4.39 Å². The molecule has 0 saturated heterocycles. The molecule has 2 aromatic carbocycles. The lowest BCUT2D eigenvalue weighted by molar-refractivity contribution is 0.102. The molecule has 1 amide bonds. The number of nitrogens with one attached hydrogen (secondary N) is 1. The molecule has 0 aromatic heterocycles. The van der Waals surface area contributed by atoms with Crippen LogP contribution in [0, 0.1) is 5.82 Å². The van der Waals surface area contributed by atoms with E-state index >= 15 is 0 Å². The topological polar surface area (TPSA) is 29.1 Å². The lowest BCUT2D eigenvalue weighted by Crippen LogP contribution is -2.12. The number of carbonyl (C=O) groups is 1. The maximum Gasteiger partial charge on any atom is 0.257 e. The summed E-state index contributed by atoms with van der Waals surface area (Å²) in [4.78, 5) is 12.0. The van der Waals surface area contributed by atoms with Gasteiger partial charge in [0.1, 0.15) is 5.82 Å². The minimum absolute atomic E-state index is 0.00140.